The van der Waals surface area contributed by atoms with Crippen LogP contribution in [0.4, 0.5) is 5.69 Å². The number of hydrogen-bond acceptors (Lipinski definition) is 5. The van der Waals surface area contributed by atoms with Crippen molar-refractivity contribution in [3.63, 3.8) is 0 Å². The largest absolute Gasteiger partial charge is 0.436 e. The summed E-state index contributed by atoms with van der Waals surface area (Å²) in [6, 6.07) is 15.1. The fourth-order valence-electron chi connectivity index (χ4n) is 3.99. The third kappa shape index (κ3) is 4.52. The lowest BCUT2D eigenvalue weighted by atomic mass is 10.1. The molecular formula is C26H19Cl2N3O2S2. The van der Waals surface area contributed by atoms with E-state index >= 15 is 0 Å². The molecule has 0 saturated heterocycles. The number of fused-ring (bicyclic) bond motifs is 2. The van der Waals surface area contributed by atoms with Gasteiger partial charge in [-0.1, -0.05) is 41.4 Å². The van der Waals surface area contributed by atoms with Crippen LogP contribution in [-0.4, -0.2) is 16.0 Å². The lowest BCUT2D eigenvalue weighted by molar-refractivity contribution is 0.0982. The summed E-state index contributed by atoms with van der Waals surface area (Å²) in [5, 5.41) is 7.72. The van der Waals surface area contributed by atoms with Crippen molar-refractivity contribution in [1.29, 1.82) is 0 Å². The number of thiophene rings is 1. The zero-order valence-electron chi connectivity index (χ0n) is 19.0. The van der Waals surface area contributed by atoms with Crippen molar-refractivity contribution in [2.24, 2.45) is 0 Å². The van der Waals surface area contributed by atoms with Gasteiger partial charge in [-0.05, 0) is 80.0 Å². The monoisotopic (exact) mass is 539 g/mol. The Kier molecular flexibility index (Phi) is 6.27. The van der Waals surface area contributed by atoms with Gasteiger partial charge in [0.1, 0.15) is 10.4 Å². The predicted molar refractivity (Wildman–Crippen MR) is 149 cm³/mol. The Morgan fingerprint density at radius 3 is 2.69 bits per heavy atom. The van der Waals surface area contributed by atoms with Crippen LogP contribution in [0.5, 0.6) is 0 Å². The van der Waals surface area contributed by atoms with E-state index in [-0.39, 0.29) is 11.0 Å². The van der Waals surface area contributed by atoms with E-state index in [1.165, 1.54) is 11.3 Å². The number of aromatic nitrogens is 1. The Morgan fingerprint density at radius 1 is 1.09 bits per heavy atom. The highest BCUT2D eigenvalue weighted by molar-refractivity contribution is 7.80. The van der Waals surface area contributed by atoms with Gasteiger partial charge in [-0.25, -0.2) is 4.98 Å². The third-order valence-corrected chi connectivity index (χ3v) is 7.75. The van der Waals surface area contributed by atoms with Crippen LogP contribution in [0.2, 0.25) is 10.0 Å². The highest BCUT2D eigenvalue weighted by atomic mass is 35.5. The third-order valence-electron chi connectivity index (χ3n) is 5.66. The van der Waals surface area contributed by atoms with Crippen molar-refractivity contribution < 1.29 is 9.21 Å². The standard InChI is InChI=1S/C26H19Cl2N3O2S2/c1-12-9-13(2)22-19(10-12)29-25(33-22)16-5-4-6-18(14(16)3)30-26(34)31-24(32)23-21(28)17-8-7-15(27)11-20(17)35-23/h4-11H,1-3H3,(H2,30,31,32,34). The Labute approximate surface area is 221 Å². The normalized spacial score (nSPS) is 11.2. The molecular weight excluding hydrogens is 521 g/mol. The second-order valence-electron chi connectivity index (χ2n) is 8.22. The molecule has 0 saturated carbocycles. The maximum absolute atomic E-state index is 12.9. The van der Waals surface area contributed by atoms with Crippen molar-refractivity contribution in [2.45, 2.75) is 20.8 Å². The number of rotatable bonds is 3. The number of amides is 1. The van der Waals surface area contributed by atoms with E-state index in [0.29, 0.717) is 20.8 Å². The van der Waals surface area contributed by atoms with Gasteiger partial charge in [0, 0.05) is 26.4 Å². The van der Waals surface area contributed by atoms with Gasteiger partial charge in [0.05, 0.1) is 5.02 Å². The van der Waals surface area contributed by atoms with Crippen molar-refractivity contribution in [1.82, 2.24) is 10.3 Å². The van der Waals surface area contributed by atoms with E-state index in [2.05, 4.69) is 16.7 Å². The fraction of sp³-hybridized carbons (Fsp3) is 0.115. The van der Waals surface area contributed by atoms with Crippen molar-refractivity contribution in [2.75, 3.05) is 5.32 Å². The molecule has 0 unspecified atom stereocenters. The first-order chi connectivity index (χ1) is 16.7. The smallest absolute Gasteiger partial charge is 0.269 e. The minimum Gasteiger partial charge on any atom is -0.436 e. The number of aryl methyl sites for hydroxylation is 2. The molecule has 9 heteroatoms. The van der Waals surface area contributed by atoms with Crippen molar-refractivity contribution in [3.05, 3.63) is 80.1 Å². The van der Waals surface area contributed by atoms with E-state index in [9.17, 15) is 4.79 Å². The number of hydrogen-bond donors (Lipinski definition) is 2. The molecule has 1 amide bonds. The Balaban J connectivity index is 1.38. The molecule has 176 valence electrons. The molecule has 0 spiro atoms. The van der Waals surface area contributed by atoms with E-state index in [1.807, 2.05) is 45.0 Å². The maximum Gasteiger partial charge on any atom is 0.269 e. The van der Waals surface area contributed by atoms with Crippen LogP contribution in [-0.2, 0) is 0 Å². The molecule has 5 aromatic rings. The van der Waals surface area contributed by atoms with E-state index in [1.54, 1.807) is 18.2 Å². The summed E-state index contributed by atoms with van der Waals surface area (Å²) >= 11 is 19.2. The second kappa shape index (κ2) is 9.24. The molecule has 0 bridgehead atoms. The zero-order chi connectivity index (χ0) is 24.9. The number of thiocarbonyl (C=S) groups is 1. The average molecular weight is 540 g/mol. The fourth-order valence-corrected chi connectivity index (χ4v) is 5.88. The van der Waals surface area contributed by atoms with Gasteiger partial charge in [0.25, 0.3) is 5.91 Å². The van der Waals surface area contributed by atoms with Gasteiger partial charge < -0.3 is 9.73 Å². The van der Waals surface area contributed by atoms with Crippen LogP contribution >= 0.6 is 46.8 Å². The number of anilines is 1. The topological polar surface area (TPSA) is 67.2 Å². The van der Waals surface area contributed by atoms with Crippen LogP contribution in [0.1, 0.15) is 26.4 Å². The van der Waals surface area contributed by atoms with Crippen LogP contribution in [0.15, 0.2) is 52.9 Å². The number of oxazole rings is 1. The van der Waals surface area contributed by atoms with E-state index in [0.717, 1.165) is 49.1 Å². The van der Waals surface area contributed by atoms with Gasteiger partial charge in [0.2, 0.25) is 5.89 Å². The Hall–Kier alpha value is -2.97. The molecule has 2 heterocycles. The van der Waals surface area contributed by atoms with Gasteiger partial charge >= 0.3 is 0 Å². The zero-order valence-corrected chi connectivity index (χ0v) is 22.1. The lowest BCUT2D eigenvalue weighted by Gasteiger charge is -2.13. The molecule has 0 aliphatic heterocycles. The first kappa shape index (κ1) is 23.8. The van der Waals surface area contributed by atoms with Crippen LogP contribution < -0.4 is 10.6 Å². The molecule has 0 aliphatic rings. The molecule has 0 atom stereocenters. The maximum atomic E-state index is 12.9. The van der Waals surface area contributed by atoms with Gasteiger partial charge in [-0.3, -0.25) is 10.1 Å². The first-order valence-corrected chi connectivity index (χ1v) is 12.7. The summed E-state index contributed by atoms with van der Waals surface area (Å²) in [6.45, 7) is 5.99. The molecule has 0 aliphatic carbocycles. The quantitative estimate of drug-likeness (QED) is 0.227. The molecule has 5 nitrogen and oxygen atoms in total. The number of nitrogens with one attached hydrogen (secondary N) is 2. The Bertz CT molecular complexity index is 1660. The van der Waals surface area contributed by atoms with E-state index < -0.39 is 0 Å². The summed E-state index contributed by atoms with van der Waals surface area (Å²) in [6.07, 6.45) is 0. The summed E-state index contributed by atoms with van der Waals surface area (Å²) in [4.78, 5) is 17.9. The highest BCUT2D eigenvalue weighted by Gasteiger charge is 2.19. The highest BCUT2D eigenvalue weighted by Crippen LogP contribution is 2.37. The minimum atomic E-state index is -0.386. The van der Waals surface area contributed by atoms with E-state index in [4.69, 9.17) is 44.8 Å². The van der Waals surface area contributed by atoms with Gasteiger partial charge in [0.15, 0.2) is 10.7 Å². The molecule has 3 aromatic carbocycles. The molecule has 5 rings (SSSR count). The number of halogens is 2. The number of nitrogens with zero attached hydrogens (tertiary/aromatic N) is 1. The Morgan fingerprint density at radius 2 is 1.89 bits per heavy atom. The SMILES string of the molecule is Cc1cc(C)c2oc(-c3cccc(NC(=S)NC(=O)c4sc5cc(Cl)ccc5c4Cl)c3C)nc2c1. The lowest BCUT2D eigenvalue weighted by Crippen LogP contribution is -2.34. The minimum absolute atomic E-state index is 0.158. The number of carbonyl (C=O) groups is 1. The number of carbonyl (C=O) groups excluding carboxylic acids is 1. The van der Waals surface area contributed by atoms with Crippen LogP contribution in [0, 0.1) is 20.8 Å². The summed E-state index contributed by atoms with van der Waals surface area (Å²) < 4.78 is 6.92. The summed E-state index contributed by atoms with van der Waals surface area (Å²) in [5.74, 6) is 0.143. The molecule has 2 N–H and O–H groups in total. The van der Waals surface area contributed by atoms with Gasteiger partial charge in [-0.15, -0.1) is 11.3 Å². The average Bonchev–Trinajstić information content (AvgIpc) is 3.36. The molecule has 35 heavy (non-hydrogen) atoms. The van der Waals surface area contributed by atoms with Gasteiger partial charge in [-0.2, -0.15) is 0 Å². The first-order valence-electron chi connectivity index (χ1n) is 10.7. The molecule has 2 aromatic heterocycles. The molecule has 0 fully saturated rings. The molecule has 0 radical (unpaired) electrons. The van der Waals surface area contributed by atoms with Crippen LogP contribution in [0.25, 0.3) is 32.6 Å². The van der Waals surface area contributed by atoms with Crippen LogP contribution in [0.3, 0.4) is 0 Å². The number of benzene rings is 3. The van der Waals surface area contributed by atoms with Crippen molar-refractivity contribution in [3.8, 4) is 11.5 Å². The predicted octanol–water partition coefficient (Wildman–Crippen LogP) is 8.07. The van der Waals surface area contributed by atoms with Crippen molar-refractivity contribution >= 4 is 84.6 Å². The summed E-state index contributed by atoms with van der Waals surface area (Å²) in [7, 11) is 0. The summed E-state index contributed by atoms with van der Waals surface area (Å²) in [5.41, 5.74) is 6.22. The second-order valence-corrected chi connectivity index (χ2v) is 10.5.